The first-order valence-corrected chi connectivity index (χ1v) is 23.4. The van der Waals surface area contributed by atoms with E-state index >= 15 is 0 Å². The van der Waals surface area contributed by atoms with Gasteiger partial charge >= 0.3 is 11.1 Å². The molecule has 0 aromatic carbocycles. The number of aromatic nitrogens is 4. The zero-order valence-electron chi connectivity index (χ0n) is 33.3. The maximum absolute atomic E-state index is 13.4. The Kier molecular flexibility index (Phi) is 14.0. The largest absolute Gasteiger partial charge is 0.483 e. The molecule has 5 heterocycles. The average molecular weight is 825 g/mol. The van der Waals surface area contributed by atoms with Gasteiger partial charge in [0.1, 0.15) is 11.4 Å². The molecule has 0 bridgehead atoms. The lowest BCUT2D eigenvalue weighted by Crippen LogP contribution is -2.51. The molecule has 2 aromatic heterocycles. The summed E-state index contributed by atoms with van der Waals surface area (Å²) in [6.45, 7) is 11.0. The van der Waals surface area contributed by atoms with Crippen LogP contribution in [0.3, 0.4) is 0 Å². The molecule has 7 rings (SSSR count). The molecular formula is C37H60N8O9S2. The summed E-state index contributed by atoms with van der Waals surface area (Å²) in [5.41, 5.74) is 0.720. The van der Waals surface area contributed by atoms with E-state index in [1.807, 2.05) is 9.80 Å². The molecule has 0 radical (unpaired) electrons. The molecule has 2 aromatic rings. The van der Waals surface area contributed by atoms with Crippen molar-refractivity contribution < 1.29 is 31.0 Å². The predicted octanol–water partition coefficient (Wildman–Crippen LogP) is 3.08. The van der Waals surface area contributed by atoms with Crippen LogP contribution in [-0.4, -0.2) is 127 Å². The molecule has 5 aliphatic rings. The molecule has 3 aliphatic heterocycles. The van der Waals surface area contributed by atoms with Gasteiger partial charge in [-0.3, -0.25) is 9.59 Å². The topological polar surface area (TPSA) is 190 Å². The number of hydrogen-bond donors (Lipinski definition) is 1. The molecule has 1 unspecified atom stereocenters. The second kappa shape index (κ2) is 18.6. The van der Waals surface area contributed by atoms with Crippen molar-refractivity contribution in [2.75, 3.05) is 68.8 Å². The molecule has 5 fully saturated rings. The standard InChI is InChI=1S/C21H34N4O5S.C16H26N4O4S/c1-16(2)31(27,28)24-12-10-23(11-13-24)18-15-22-25(19-9-5-6-14-29-19)21(26)20(18)30-17-7-3-4-8-17;1-12(2)25(22,23)20-9-7-19(8-10-20)14-11-17-18-16(21)15(14)24-13-5-3-4-6-13/h15-17,19H,3-14H2,1-2H3;11-13H,3-10H2,1-2H3,(H,18,21). The number of ether oxygens (including phenoxy) is 3. The first-order valence-electron chi connectivity index (χ1n) is 20.4. The van der Waals surface area contributed by atoms with Crippen LogP contribution < -0.4 is 30.4 Å². The Morgan fingerprint density at radius 2 is 1.12 bits per heavy atom. The monoisotopic (exact) mass is 824 g/mol. The SMILES string of the molecule is CC(C)S(=O)(=O)N1CCN(c2cn[nH]c(=O)c2OC2CCCC2)CC1.CC(C)S(=O)(=O)N1CCN(c2cnn(C3CCCCO3)c(=O)c2OC2CCCC2)CC1. The third-order valence-corrected chi connectivity index (χ3v) is 16.0. The number of hydrogen-bond acceptors (Lipinski definition) is 13. The molecule has 56 heavy (non-hydrogen) atoms. The molecular weight excluding hydrogens is 765 g/mol. The Balaban J connectivity index is 0.000000194. The maximum Gasteiger partial charge on any atom is 0.313 e. The van der Waals surface area contributed by atoms with Crippen molar-refractivity contribution in [2.45, 2.75) is 127 Å². The number of aromatic amines is 1. The molecule has 19 heteroatoms. The third kappa shape index (κ3) is 9.70. The van der Waals surface area contributed by atoms with Crippen LogP contribution in [0.25, 0.3) is 0 Å². The lowest BCUT2D eigenvalue weighted by molar-refractivity contribution is -0.0431. The lowest BCUT2D eigenvalue weighted by Gasteiger charge is -2.36. The highest BCUT2D eigenvalue weighted by Crippen LogP contribution is 2.32. The van der Waals surface area contributed by atoms with Gasteiger partial charge in [0.15, 0.2) is 6.23 Å². The Hall–Kier alpha value is -3.26. The lowest BCUT2D eigenvalue weighted by atomic mass is 10.2. The second-order valence-electron chi connectivity index (χ2n) is 15.9. The summed E-state index contributed by atoms with van der Waals surface area (Å²) >= 11 is 0. The highest BCUT2D eigenvalue weighted by atomic mass is 32.2. The highest BCUT2D eigenvalue weighted by molar-refractivity contribution is 7.90. The van der Waals surface area contributed by atoms with E-state index in [9.17, 15) is 26.4 Å². The van der Waals surface area contributed by atoms with Crippen molar-refractivity contribution in [3.8, 4) is 11.5 Å². The summed E-state index contributed by atoms with van der Waals surface area (Å²) in [5.74, 6) is 0.637. The molecule has 1 N–H and O–H groups in total. The van der Waals surface area contributed by atoms with Crippen LogP contribution in [-0.2, 0) is 24.8 Å². The Bertz CT molecular complexity index is 1940. The normalized spacial score (nSPS) is 22.4. The van der Waals surface area contributed by atoms with Gasteiger partial charge in [-0.2, -0.15) is 23.5 Å². The summed E-state index contributed by atoms with van der Waals surface area (Å²) in [7, 11) is -6.54. The van der Waals surface area contributed by atoms with Crippen molar-refractivity contribution in [2.24, 2.45) is 0 Å². The van der Waals surface area contributed by atoms with Crippen molar-refractivity contribution in [3.05, 3.63) is 33.1 Å². The van der Waals surface area contributed by atoms with Gasteiger partial charge in [-0.05, 0) is 98.3 Å². The van der Waals surface area contributed by atoms with Crippen molar-refractivity contribution in [1.29, 1.82) is 0 Å². The van der Waals surface area contributed by atoms with Crippen molar-refractivity contribution in [3.63, 3.8) is 0 Å². The van der Waals surface area contributed by atoms with Crippen molar-refractivity contribution >= 4 is 31.4 Å². The van der Waals surface area contributed by atoms with Crippen LogP contribution in [0.5, 0.6) is 11.5 Å². The van der Waals surface area contributed by atoms with Gasteiger partial charge < -0.3 is 24.0 Å². The van der Waals surface area contributed by atoms with Gasteiger partial charge in [-0.25, -0.2) is 21.9 Å². The fourth-order valence-corrected chi connectivity index (χ4v) is 10.5. The summed E-state index contributed by atoms with van der Waals surface area (Å²) < 4.78 is 72.1. The Labute approximate surface area is 330 Å². The van der Waals surface area contributed by atoms with E-state index < -0.39 is 30.5 Å². The minimum Gasteiger partial charge on any atom is -0.483 e. The number of piperazine rings is 2. The van der Waals surface area contributed by atoms with Crippen LogP contribution in [0, 0.1) is 0 Å². The Morgan fingerprint density at radius 3 is 1.59 bits per heavy atom. The van der Waals surface area contributed by atoms with Crippen LogP contribution in [0.1, 0.15) is 105 Å². The average Bonchev–Trinajstić information content (AvgIpc) is 3.92. The third-order valence-electron chi connectivity index (χ3n) is 11.4. The van der Waals surface area contributed by atoms with E-state index in [-0.39, 0.29) is 29.6 Å². The first kappa shape index (κ1) is 42.3. The predicted molar refractivity (Wildman–Crippen MR) is 214 cm³/mol. The number of rotatable bonds is 11. The minimum absolute atomic E-state index is 0.0391. The van der Waals surface area contributed by atoms with Crippen molar-refractivity contribution in [1.82, 2.24) is 28.6 Å². The highest BCUT2D eigenvalue weighted by Gasteiger charge is 2.34. The first-order chi connectivity index (χ1) is 26.8. The van der Waals surface area contributed by atoms with Crippen LogP contribution in [0.15, 0.2) is 22.0 Å². The number of nitrogens with zero attached hydrogens (tertiary/aromatic N) is 7. The fourth-order valence-electron chi connectivity index (χ4n) is 7.93. The number of H-pyrrole nitrogens is 1. The molecule has 0 spiro atoms. The maximum atomic E-state index is 13.4. The van der Waals surface area contributed by atoms with Gasteiger partial charge in [0.25, 0.3) is 0 Å². The second-order valence-corrected chi connectivity index (χ2v) is 20.8. The molecule has 17 nitrogen and oxygen atoms in total. The van der Waals surface area contributed by atoms with Gasteiger partial charge in [-0.15, -0.1) is 0 Å². The van der Waals surface area contributed by atoms with E-state index in [2.05, 4.69) is 15.3 Å². The molecule has 1 atom stereocenters. The minimum atomic E-state index is -3.29. The van der Waals surface area contributed by atoms with Crippen LogP contribution in [0.2, 0.25) is 0 Å². The van der Waals surface area contributed by atoms with Crippen LogP contribution >= 0.6 is 0 Å². The van der Waals surface area contributed by atoms with E-state index in [1.54, 1.807) is 40.1 Å². The van der Waals surface area contributed by atoms with E-state index in [0.717, 1.165) is 70.6 Å². The zero-order valence-corrected chi connectivity index (χ0v) is 34.9. The van der Waals surface area contributed by atoms with E-state index in [0.29, 0.717) is 81.8 Å². The summed E-state index contributed by atoms with van der Waals surface area (Å²) in [6.07, 6.45) is 14.1. The summed E-state index contributed by atoms with van der Waals surface area (Å²) in [4.78, 5) is 29.6. The van der Waals surface area contributed by atoms with Crippen LogP contribution in [0.4, 0.5) is 11.4 Å². The summed E-state index contributed by atoms with van der Waals surface area (Å²) in [5, 5.41) is 9.90. The number of nitrogens with one attached hydrogen (secondary N) is 1. The van der Waals surface area contributed by atoms with Gasteiger partial charge in [-0.1, -0.05) is 0 Å². The van der Waals surface area contributed by atoms with Gasteiger partial charge in [0.05, 0.1) is 35.1 Å². The zero-order chi connectivity index (χ0) is 40.0. The molecule has 0 amide bonds. The smallest absolute Gasteiger partial charge is 0.313 e. The molecule has 314 valence electrons. The van der Waals surface area contributed by atoms with Gasteiger partial charge in [0, 0.05) is 59.0 Å². The van der Waals surface area contributed by atoms with E-state index in [4.69, 9.17) is 14.2 Å². The number of anilines is 2. The molecule has 2 saturated carbocycles. The molecule has 2 aliphatic carbocycles. The number of sulfonamides is 2. The Morgan fingerprint density at radius 1 is 0.661 bits per heavy atom. The molecule has 3 saturated heterocycles. The quantitative estimate of drug-likeness (QED) is 0.349. The van der Waals surface area contributed by atoms with Gasteiger partial charge in [0.2, 0.25) is 31.5 Å². The van der Waals surface area contributed by atoms with E-state index in [1.165, 1.54) is 13.3 Å². The fraction of sp³-hybridized carbons (Fsp3) is 0.784. The summed E-state index contributed by atoms with van der Waals surface area (Å²) in [6, 6.07) is 0.